The van der Waals surface area contributed by atoms with E-state index in [2.05, 4.69) is 20.9 Å². The van der Waals surface area contributed by atoms with Gasteiger partial charge in [-0.1, -0.05) is 34.1 Å². The number of nitrogens with zero attached hydrogens (tertiary/aromatic N) is 2. The molecule has 3 heterocycles. The molecular formula is C25H16BrFN2O4. The quantitative estimate of drug-likeness (QED) is 0.361. The van der Waals surface area contributed by atoms with Gasteiger partial charge in [-0.2, -0.15) is 0 Å². The van der Waals surface area contributed by atoms with E-state index in [1.807, 2.05) is 0 Å². The van der Waals surface area contributed by atoms with E-state index in [0.717, 1.165) is 4.47 Å². The van der Waals surface area contributed by atoms with Gasteiger partial charge in [-0.15, -0.1) is 0 Å². The molecule has 2 aromatic carbocycles. The van der Waals surface area contributed by atoms with Crippen molar-refractivity contribution >= 4 is 38.6 Å². The number of halogens is 2. The van der Waals surface area contributed by atoms with Crippen molar-refractivity contribution in [3.63, 3.8) is 0 Å². The number of rotatable bonds is 5. The summed E-state index contributed by atoms with van der Waals surface area (Å²) in [6.07, 6.45) is 1.59. The molecule has 4 aromatic rings. The minimum Gasteiger partial charge on any atom is -0.503 e. The smallest absolute Gasteiger partial charge is 0.290 e. The Bertz CT molecular complexity index is 1410. The van der Waals surface area contributed by atoms with Crippen molar-refractivity contribution in [3.8, 4) is 0 Å². The lowest BCUT2D eigenvalue weighted by atomic mass is 9.95. The molecule has 1 aliphatic rings. The summed E-state index contributed by atoms with van der Waals surface area (Å²) in [6, 6.07) is 16.7. The van der Waals surface area contributed by atoms with Gasteiger partial charge in [0.25, 0.3) is 5.91 Å². The zero-order valence-corrected chi connectivity index (χ0v) is 18.6. The molecule has 1 N–H and O–H groups in total. The molecule has 5 rings (SSSR count). The van der Waals surface area contributed by atoms with Gasteiger partial charge in [-0.05, 0) is 54.1 Å². The number of carbonyl (C=O) groups excluding carboxylic acids is 2. The highest BCUT2D eigenvalue weighted by atomic mass is 79.9. The van der Waals surface area contributed by atoms with Gasteiger partial charge in [0.2, 0.25) is 5.78 Å². The van der Waals surface area contributed by atoms with Crippen molar-refractivity contribution in [2.45, 2.75) is 12.6 Å². The molecule has 164 valence electrons. The van der Waals surface area contributed by atoms with Gasteiger partial charge in [-0.25, -0.2) is 4.39 Å². The fourth-order valence-electron chi connectivity index (χ4n) is 3.97. The summed E-state index contributed by atoms with van der Waals surface area (Å²) in [5.41, 5.74) is 1.43. The van der Waals surface area contributed by atoms with E-state index >= 15 is 0 Å². The average molecular weight is 507 g/mol. The molecule has 0 bridgehead atoms. The first-order chi connectivity index (χ1) is 15.9. The lowest BCUT2D eigenvalue weighted by Gasteiger charge is -2.26. The highest BCUT2D eigenvalue weighted by Crippen LogP contribution is 2.40. The van der Waals surface area contributed by atoms with E-state index in [4.69, 9.17) is 4.42 Å². The molecule has 2 aromatic heterocycles. The average Bonchev–Trinajstić information content (AvgIpc) is 3.34. The molecule has 0 spiro atoms. The maximum atomic E-state index is 13.6. The predicted octanol–water partition coefficient (Wildman–Crippen LogP) is 5.51. The minimum atomic E-state index is -0.937. The van der Waals surface area contributed by atoms with E-state index in [0.29, 0.717) is 22.2 Å². The molecular weight excluding hydrogens is 491 g/mol. The Kier molecular flexibility index (Phi) is 5.30. The number of pyridine rings is 1. The number of hydrogen-bond donors (Lipinski definition) is 1. The van der Waals surface area contributed by atoms with Crippen LogP contribution in [-0.2, 0) is 11.3 Å². The van der Waals surface area contributed by atoms with Crippen LogP contribution in [0.15, 0.2) is 93.1 Å². The molecule has 0 saturated carbocycles. The summed E-state index contributed by atoms with van der Waals surface area (Å²) in [6.45, 7) is 0.0512. The van der Waals surface area contributed by atoms with Crippen LogP contribution in [0, 0.1) is 5.82 Å². The first-order valence-corrected chi connectivity index (χ1v) is 10.8. The van der Waals surface area contributed by atoms with Crippen LogP contribution in [-0.4, -0.2) is 26.7 Å². The first-order valence-electron chi connectivity index (χ1n) is 10.1. The van der Waals surface area contributed by atoms with Gasteiger partial charge in [0.05, 0.1) is 23.9 Å². The first kappa shape index (κ1) is 21.1. The number of benzene rings is 2. The van der Waals surface area contributed by atoms with E-state index in [1.54, 1.807) is 48.7 Å². The number of furan rings is 1. The van der Waals surface area contributed by atoms with Gasteiger partial charge in [0.1, 0.15) is 11.4 Å². The SMILES string of the molecule is O=C(C1=C(O)C(=O)N(Cc2ccccn2)C1c1ccc(F)cc1)c1cc2cc(Br)ccc2o1. The number of aliphatic hydroxyl groups is 1. The van der Waals surface area contributed by atoms with Crippen LogP contribution in [0.1, 0.15) is 27.9 Å². The van der Waals surface area contributed by atoms with Crippen molar-refractivity contribution < 1.29 is 23.5 Å². The van der Waals surface area contributed by atoms with Gasteiger partial charge in [0.15, 0.2) is 11.5 Å². The maximum Gasteiger partial charge on any atom is 0.290 e. The molecule has 1 amide bonds. The van der Waals surface area contributed by atoms with E-state index in [1.165, 1.54) is 29.2 Å². The monoisotopic (exact) mass is 506 g/mol. The van der Waals surface area contributed by atoms with Crippen LogP contribution >= 0.6 is 15.9 Å². The lowest BCUT2D eigenvalue weighted by molar-refractivity contribution is -0.130. The standard InChI is InChI=1S/C25H16BrFN2O4/c26-16-6-9-19-15(11-16)12-20(33-19)23(30)21-22(14-4-7-17(27)8-5-14)29(25(32)24(21)31)13-18-3-1-2-10-28-18/h1-12,22,31H,13H2. The number of aromatic nitrogens is 1. The van der Waals surface area contributed by atoms with Gasteiger partial charge < -0.3 is 14.4 Å². The van der Waals surface area contributed by atoms with Crippen molar-refractivity contribution in [2.75, 3.05) is 0 Å². The van der Waals surface area contributed by atoms with Gasteiger partial charge in [-0.3, -0.25) is 14.6 Å². The summed E-state index contributed by atoms with van der Waals surface area (Å²) in [5, 5.41) is 11.5. The van der Waals surface area contributed by atoms with Crippen LogP contribution in [0.2, 0.25) is 0 Å². The Morgan fingerprint density at radius 1 is 1.12 bits per heavy atom. The van der Waals surface area contributed by atoms with Crippen molar-refractivity contribution in [1.82, 2.24) is 9.88 Å². The molecule has 6 nitrogen and oxygen atoms in total. The number of hydrogen-bond acceptors (Lipinski definition) is 5. The fraction of sp³-hybridized carbons (Fsp3) is 0.0800. The summed E-state index contributed by atoms with van der Waals surface area (Å²) in [7, 11) is 0. The molecule has 0 aliphatic carbocycles. The number of ketones is 1. The number of aliphatic hydroxyl groups excluding tert-OH is 1. The molecule has 8 heteroatoms. The number of amides is 1. The Balaban J connectivity index is 1.60. The summed E-state index contributed by atoms with van der Waals surface area (Å²) >= 11 is 3.38. The largest absolute Gasteiger partial charge is 0.503 e. The zero-order valence-electron chi connectivity index (χ0n) is 17.0. The highest BCUT2D eigenvalue weighted by Gasteiger charge is 2.44. The van der Waals surface area contributed by atoms with Crippen molar-refractivity contribution in [2.24, 2.45) is 0 Å². The van der Waals surface area contributed by atoms with Crippen LogP contribution in [0.4, 0.5) is 4.39 Å². The summed E-state index contributed by atoms with van der Waals surface area (Å²) in [5.74, 6) is -2.46. The Hall–Kier alpha value is -3.78. The van der Waals surface area contributed by atoms with E-state index < -0.39 is 29.3 Å². The second kappa shape index (κ2) is 8.29. The zero-order chi connectivity index (χ0) is 23.1. The third-order valence-corrected chi connectivity index (χ3v) is 5.99. The summed E-state index contributed by atoms with van der Waals surface area (Å²) in [4.78, 5) is 32.2. The van der Waals surface area contributed by atoms with E-state index in [9.17, 15) is 19.1 Å². The number of fused-ring (bicyclic) bond motifs is 1. The molecule has 0 saturated heterocycles. The molecule has 33 heavy (non-hydrogen) atoms. The van der Waals surface area contributed by atoms with E-state index in [-0.39, 0.29) is 17.9 Å². The van der Waals surface area contributed by atoms with Gasteiger partial charge >= 0.3 is 0 Å². The predicted molar refractivity (Wildman–Crippen MR) is 122 cm³/mol. The summed E-state index contributed by atoms with van der Waals surface area (Å²) < 4.78 is 20.1. The lowest BCUT2D eigenvalue weighted by Crippen LogP contribution is -2.31. The van der Waals surface area contributed by atoms with Crippen LogP contribution in [0.25, 0.3) is 11.0 Å². The Labute approximate surface area is 196 Å². The maximum absolute atomic E-state index is 13.6. The minimum absolute atomic E-state index is 0.00996. The van der Waals surface area contributed by atoms with Crippen LogP contribution < -0.4 is 0 Å². The number of Topliss-reactive ketones (excluding diaryl/α,β-unsaturated/α-hetero) is 1. The number of carbonyl (C=O) groups is 2. The molecule has 0 radical (unpaired) electrons. The van der Waals surface area contributed by atoms with Crippen LogP contribution in [0.5, 0.6) is 0 Å². The Morgan fingerprint density at radius 2 is 1.91 bits per heavy atom. The Morgan fingerprint density at radius 3 is 2.64 bits per heavy atom. The second-order valence-electron chi connectivity index (χ2n) is 7.59. The topological polar surface area (TPSA) is 83.6 Å². The van der Waals surface area contributed by atoms with Gasteiger partial charge in [0, 0.05) is 16.1 Å². The molecule has 0 fully saturated rings. The van der Waals surface area contributed by atoms with Crippen molar-refractivity contribution in [1.29, 1.82) is 0 Å². The third-order valence-electron chi connectivity index (χ3n) is 5.49. The second-order valence-corrected chi connectivity index (χ2v) is 8.51. The van der Waals surface area contributed by atoms with Crippen LogP contribution in [0.3, 0.4) is 0 Å². The third kappa shape index (κ3) is 3.82. The highest BCUT2D eigenvalue weighted by molar-refractivity contribution is 9.10. The molecule has 1 aliphatic heterocycles. The normalized spacial score (nSPS) is 16.1. The molecule has 1 atom stereocenters. The molecule has 1 unspecified atom stereocenters. The fourth-order valence-corrected chi connectivity index (χ4v) is 4.34. The van der Waals surface area contributed by atoms with Crippen molar-refractivity contribution in [3.05, 3.63) is 112 Å².